The third-order valence-electron chi connectivity index (χ3n) is 2.64. The summed E-state index contributed by atoms with van der Waals surface area (Å²) in [6.45, 7) is 0. The van der Waals surface area contributed by atoms with Crippen LogP contribution in [0.25, 0.3) is 0 Å². The molecule has 0 amide bonds. The van der Waals surface area contributed by atoms with E-state index in [1.807, 2.05) is 18.2 Å². The van der Waals surface area contributed by atoms with Gasteiger partial charge in [0.1, 0.15) is 11.8 Å². The van der Waals surface area contributed by atoms with Gasteiger partial charge in [0.05, 0.1) is 13.2 Å². The Kier molecular flexibility index (Phi) is 4.48. The second-order valence-electron chi connectivity index (χ2n) is 4.01. The number of nitrogens with two attached hydrogens (primary N) is 1. The number of hydrogen-bond acceptors (Lipinski definition) is 4. The second kappa shape index (κ2) is 5.65. The smallest absolute Gasteiger partial charge is 0.322 e. The van der Waals surface area contributed by atoms with Gasteiger partial charge in [-0.05, 0) is 20.2 Å². The number of carbonyl (C=O) groups is 1. The number of carboxylic acids is 1. The normalized spacial score (nSPS) is 14.4. The van der Waals surface area contributed by atoms with E-state index in [0.717, 1.165) is 5.56 Å². The third kappa shape index (κ3) is 2.95. The molecule has 0 aromatic heterocycles. The molecule has 5 heteroatoms. The number of rotatable bonds is 5. The number of ether oxygens (including phenoxy) is 1. The van der Waals surface area contributed by atoms with Crippen LogP contribution in [0.15, 0.2) is 24.3 Å². The van der Waals surface area contributed by atoms with E-state index in [0.29, 0.717) is 5.75 Å². The summed E-state index contributed by atoms with van der Waals surface area (Å²) in [6.07, 6.45) is 0. The fourth-order valence-corrected chi connectivity index (χ4v) is 1.84. The standard InChI is InChI=1S/C12H18N2O3/c1-14(2)11(10(13)12(15)16)8-6-4-5-7-9(8)17-3/h4-7,10-11H,13H2,1-3H3,(H,15,16). The van der Waals surface area contributed by atoms with E-state index in [1.54, 1.807) is 32.2 Å². The van der Waals surface area contributed by atoms with Crippen LogP contribution in [-0.4, -0.2) is 43.2 Å². The zero-order chi connectivity index (χ0) is 13.0. The molecule has 1 rings (SSSR count). The van der Waals surface area contributed by atoms with Gasteiger partial charge in [-0.1, -0.05) is 18.2 Å². The topological polar surface area (TPSA) is 75.8 Å². The molecule has 0 aliphatic heterocycles. The van der Waals surface area contributed by atoms with Crippen molar-refractivity contribution in [3.05, 3.63) is 29.8 Å². The Morgan fingerprint density at radius 2 is 2.00 bits per heavy atom. The van der Waals surface area contributed by atoms with E-state index in [-0.39, 0.29) is 0 Å². The van der Waals surface area contributed by atoms with Gasteiger partial charge in [-0.3, -0.25) is 4.79 Å². The maximum Gasteiger partial charge on any atom is 0.322 e. The molecule has 0 heterocycles. The number of carboxylic acid groups (broad SMARTS) is 1. The SMILES string of the molecule is COc1ccccc1C(C(N)C(=O)O)N(C)C. The number of aliphatic carboxylic acids is 1. The van der Waals surface area contributed by atoms with Crippen LogP contribution in [0.3, 0.4) is 0 Å². The van der Waals surface area contributed by atoms with Crippen molar-refractivity contribution in [2.24, 2.45) is 5.73 Å². The fourth-order valence-electron chi connectivity index (χ4n) is 1.84. The summed E-state index contributed by atoms with van der Waals surface area (Å²) in [5.74, 6) is -0.391. The first-order valence-corrected chi connectivity index (χ1v) is 5.26. The summed E-state index contributed by atoms with van der Waals surface area (Å²) in [5.41, 5.74) is 6.49. The minimum Gasteiger partial charge on any atom is -0.496 e. The number of para-hydroxylation sites is 1. The molecule has 0 aliphatic rings. The van der Waals surface area contributed by atoms with Crippen LogP contribution in [0, 0.1) is 0 Å². The number of methoxy groups -OCH3 is 1. The molecule has 1 aromatic rings. The van der Waals surface area contributed by atoms with Crippen LogP contribution >= 0.6 is 0 Å². The zero-order valence-corrected chi connectivity index (χ0v) is 10.3. The van der Waals surface area contributed by atoms with E-state index in [9.17, 15) is 4.79 Å². The summed E-state index contributed by atoms with van der Waals surface area (Å²) in [7, 11) is 5.14. The Morgan fingerprint density at radius 3 is 2.47 bits per heavy atom. The van der Waals surface area contributed by atoms with E-state index in [4.69, 9.17) is 15.6 Å². The second-order valence-corrected chi connectivity index (χ2v) is 4.01. The van der Waals surface area contributed by atoms with Gasteiger partial charge >= 0.3 is 5.97 Å². The molecule has 2 atom stereocenters. The van der Waals surface area contributed by atoms with Gasteiger partial charge in [-0.15, -0.1) is 0 Å². The molecule has 0 spiro atoms. The van der Waals surface area contributed by atoms with Gasteiger partial charge in [0.2, 0.25) is 0 Å². The van der Waals surface area contributed by atoms with Crippen LogP contribution in [0.5, 0.6) is 5.75 Å². The summed E-state index contributed by atoms with van der Waals surface area (Å²) < 4.78 is 5.23. The monoisotopic (exact) mass is 238 g/mol. The first-order chi connectivity index (χ1) is 7.99. The highest BCUT2D eigenvalue weighted by Crippen LogP contribution is 2.29. The van der Waals surface area contributed by atoms with Crippen molar-refractivity contribution in [2.45, 2.75) is 12.1 Å². The van der Waals surface area contributed by atoms with Crippen molar-refractivity contribution in [3.63, 3.8) is 0 Å². The number of hydrogen-bond donors (Lipinski definition) is 2. The highest BCUT2D eigenvalue weighted by atomic mass is 16.5. The lowest BCUT2D eigenvalue weighted by atomic mass is 9.98. The van der Waals surface area contributed by atoms with Crippen molar-refractivity contribution in [2.75, 3.05) is 21.2 Å². The first-order valence-electron chi connectivity index (χ1n) is 5.26. The lowest BCUT2D eigenvalue weighted by molar-refractivity contribution is -0.140. The quantitative estimate of drug-likeness (QED) is 0.790. The van der Waals surface area contributed by atoms with Crippen molar-refractivity contribution in [1.82, 2.24) is 4.90 Å². The Balaban J connectivity index is 3.18. The van der Waals surface area contributed by atoms with Crippen molar-refractivity contribution in [1.29, 1.82) is 0 Å². The summed E-state index contributed by atoms with van der Waals surface area (Å²) in [6, 6.07) is 5.86. The van der Waals surface area contributed by atoms with E-state index < -0.39 is 18.1 Å². The van der Waals surface area contributed by atoms with Crippen molar-refractivity contribution >= 4 is 5.97 Å². The molecule has 0 saturated carbocycles. The minimum atomic E-state index is -1.03. The molecule has 1 aromatic carbocycles. The van der Waals surface area contributed by atoms with E-state index in [2.05, 4.69) is 0 Å². The largest absolute Gasteiger partial charge is 0.496 e. The Hall–Kier alpha value is -1.59. The predicted molar refractivity (Wildman–Crippen MR) is 65.0 cm³/mol. The molecule has 17 heavy (non-hydrogen) atoms. The maximum atomic E-state index is 11.0. The summed E-state index contributed by atoms with van der Waals surface area (Å²) in [4.78, 5) is 12.8. The average molecular weight is 238 g/mol. The van der Waals surface area contributed by atoms with Gasteiger partial charge in [-0.2, -0.15) is 0 Å². The molecule has 94 valence electrons. The lowest BCUT2D eigenvalue weighted by Crippen LogP contribution is -2.43. The molecular formula is C12H18N2O3. The first kappa shape index (κ1) is 13.5. The van der Waals surface area contributed by atoms with Crippen LogP contribution in [0.4, 0.5) is 0 Å². The summed E-state index contributed by atoms with van der Waals surface area (Å²) in [5, 5.41) is 9.03. The highest BCUT2D eigenvalue weighted by Gasteiger charge is 2.29. The Labute approximate surface area is 101 Å². The van der Waals surface area contributed by atoms with Gasteiger partial charge in [-0.25, -0.2) is 0 Å². The Bertz CT molecular complexity index is 393. The Morgan fingerprint density at radius 1 is 1.41 bits per heavy atom. The molecule has 0 fully saturated rings. The molecular weight excluding hydrogens is 220 g/mol. The lowest BCUT2D eigenvalue weighted by Gasteiger charge is -2.29. The number of benzene rings is 1. The molecule has 3 N–H and O–H groups in total. The number of likely N-dealkylation sites (N-methyl/N-ethyl adjacent to an activating group) is 1. The van der Waals surface area contributed by atoms with Gasteiger partial charge < -0.3 is 20.5 Å². The average Bonchev–Trinajstić information content (AvgIpc) is 2.29. The molecule has 0 aliphatic carbocycles. The van der Waals surface area contributed by atoms with Crippen LogP contribution in [0.2, 0.25) is 0 Å². The molecule has 0 radical (unpaired) electrons. The van der Waals surface area contributed by atoms with E-state index >= 15 is 0 Å². The van der Waals surface area contributed by atoms with E-state index in [1.165, 1.54) is 0 Å². The fraction of sp³-hybridized carbons (Fsp3) is 0.417. The van der Waals surface area contributed by atoms with Crippen molar-refractivity contribution < 1.29 is 14.6 Å². The highest BCUT2D eigenvalue weighted by molar-refractivity contribution is 5.74. The molecule has 0 bridgehead atoms. The molecule has 2 unspecified atom stereocenters. The van der Waals surface area contributed by atoms with Gasteiger partial charge in [0.15, 0.2) is 0 Å². The third-order valence-corrected chi connectivity index (χ3v) is 2.64. The minimum absolute atomic E-state index is 0.427. The maximum absolute atomic E-state index is 11.0. The van der Waals surface area contributed by atoms with Crippen LogP contribution < -0.4 is 10.5 Å². The van der Waals surface area contributed by atoms with Gasteiger partial charge in [0.25, 0.3) is 0 Å². The molecule has 5 nitrogen and oxygen atoms in total. The summed E-state index contributed by atoms with van der Waals surface area (Å²) >= 11 is 0. The zero-order valence-electron chi connectivity index (χ0n) is 10.3. The van der Waals surface area contributed by atoms with Gasteiger partial charge in [0, 0.05) is 5.56 Å². The number of nitrogens with zero attached hydrogens (tertiary/aromatic N) is 1. The van der Waals surface area contributed by atoms with Crippen molar-refractivity contribution in [3.8, 4) is 5.75 Å². The van der Waals surface area contributed by atoms with Crippen LogP contribution in [0.1, 0.15) is 11.6 Å². The predicted octanol–water partition coefficient (Wildman–Crippen LogP) is 0.710. The molecule has 0 saturated heterocycles. The van der Waals surface area contributed by atoms with Crippen LogP contribution in [-0.2, 0) is 4.79 Å².